The Morgan fingerprint density at radius 3 is 2.11 bits per heavy atom. The number of Topliss-reactive ketones (excluding diaryl/α,β-unsaturated/α-hetero) is 1. The molecule has 0 rings (SSSR count). The number of nitrogens with zero attached hydrogens (tertiary/aromatic N) is 1. The molecule has 0 aromatic rings. The summed E-state index contributed by atoms with van der Waals surface area (Å²) in [5.41, 5.74) is 5.03. The molecule has 2 atom stereocenters. The average molecular weight is 272 g/mol. The van der Waals surface area contributed by atoms with Crippen LogP contribution in [0.2, 0.25) is 0 Å². The van der Waals surface area contributed by atoms with Gasteiger partial charge in [0.1, 0.15) is 11.8 Å². The molecule has 0 radical (unpaired) electrons. The van der Waals surface area contributed by atoms with E-state index in [1.54, 1.807) is 13.8 Å². The van der Waals surface area contributed by atoms with Gasteiger partial charge in [0.2, 0.25) is 0 Å². The standard InChI is InChI=1S/C13H28N4O2/c1-9(17-19)12(3,4)15-7-11(14)8-16-13(5,6)10(2)18/h9,11,15-16H,7-8,14H2,1-6H3. The summed E-state index contributed by atoms with van der Waals surface area (Å²) in [5, 5.41) is 9.40. The highest BCUT2D eigenvalue weighted by molar-refractivity contribution is 5.85. The monoisotopic (exact) mass is 272 g/mol. The van der Waals surface area contributed by atoms with Crippen molar-refractivity contribution in [3.05, 3.63) is 4.91 Å². The summed E-state index contributed by atoms with van der Waals surface area (Å²) < 4.78 is 0. The van der Waals surface area contributed by atoms with Crippen molar-refractivity contribution in [1.29, 1.82) is 0 Å². The normalized spacial score (nSPS) is 15.9. The summed E-state index contributed by atoms with van der Waals surface area (Å²) in [6.07, 6.45) is 0. The first-order chi connectivity index (χ1) is 8.53. The number of ketones is 1. The second-order valence-corrected chi connectivity index (χ2v) is 6.21. The second kappa shape index (κ2) is 7.07. The van der Waals surface area contributed by atoms with Gasteiger partial charge in [-0.05, 0) is 41.5 Å². The second-order valence-electron chi connectivity index (χ2n) is 6.21. The summed E-state index contributed by atoms with van der Waals surface area (Å²) in [4.78, 5) is 21.9. The summed E-state index contributed by atoms with van der Waals surface area (Å²) in [5.74, 6) is 0.0757. The van der Waals surface area contributed by atoms with Crippen LogP contribution in [0.3, 0.4) is 0 Å². The Hall–Kier alpha value is -0.850. The molecule has 0 fully saturated rings. The molecule has 0 amide bonds. The van der Waals surface area contributed by atoms with Crippen LogP contribution >= 0.6 is 0 Å². The van der Waals surface area contributed by atoms with Crippen LogP contribution in [-0.2, 0) is 4.79 Å². The zero-order valence-electron chi connectivity index (χ0n) is 12.9. The van der Waals surface area contributed by atoms with Crippen LogP contribution in [0.25, 0.3) is 0 Å². The van der Waals surface area contributed by atoms with Gasteiger partial charge in [0.15, 0.2) is 0 Å². The van der Waals surface area contributed by atoms with E-state index in [2.05, 4.69) is 15.8 Å². The van der Waals surface area contributed by atoms with Gasteiger partial charge in [-0.3, -0.25) is 4.79 Å². The minimum Gasteiger partial charge on any atom is -0.326 e. The van der Waals surface area contributed by atoms with Crippen molar-refractivity contribution in [2.75, 3.05) is 13.1 Å². The van der Waals surface area contributed by atoms with Crippen LogP contribution in [0.4, 0.5) is 0 Å². The van der Waals surface area contributed by atoms with Crippen LogP contribution in [0.5, 0.6) is 0 Å². The molecule has 0 aromatic carbocycles. The van der Waals surface area contributed by atoms with Crippen molar-refractivity contribution in [2.24, 2.45) is 10.9 Å². The van der Waals surface area contributed by atoms with Gasteiger partial charge in [-0.1, -0.05) is 5.18 Å². The van der Waals surface area contributed by atoms with E-state index >= 15 is 0 Å². The van der Waals surface area contributed by atoms with Gasteiger partial charge in [-0.15, -0.1) is 0 Å². The van der Waals surface area contributed by atoms with Crippen molar-refractivity contribution < 1.29 is 4.79 Å². The lowest BCUT2D eigenvalue weighted by molar-refractivity contribution is -0.122. The van der Waals surface area contributed by atoms with Crippen molar-refractivity contribution in [3.63, 3.8) is 0 Å². The van der Waals surface area contributed by atoms with Crippen LogP contribution in [0.1, 0.15) is 41.5 Å². The molecular weight excluding hydrogens is 244 g/mol. The van der Waals surface area contributed by atoms with Crippen LogP contribution in [-0.4, -0.2) is 42.0 Å². The molecular formula is C13H28N4O2. The minimum atomic E-state index is -0.565. The fraction of sp³-hybridized carbons (Fsp3) is 0.923. The Kier molecular flexibility index (Phi) is 6.76. The van der Waals surface area contributed by atoms with E-state index in [-0.39, 0.29) is 17.9 Å². The van der Waals surface area contributed by atoms with Gasteiger partial charge >= 0.3 is 0 Å². The molecule has 0 aliphatic heterocycles. The average Bonchev–Trinajstić information content (AvgIpc) is 2.32. The first-order valence-corrected chi connectivity index (χ1v) is 6.62. The molecule has 0 aliphatic carbocycles. The highest BCUT2D eigenvalue weighted by Gasteiger charge is 2.27. The Bertz CT molecular complexity index is 316. The quantitative estimate of drug-likeness (QED) is 0.539. The van der Waals surface area contributed by atoms with Gasteiger partial charge < -0.3 is 16.4 Å². The largest absolute Gasteiger partial charge is 0.326 e. The van der Waals surface area contributed by atoms with Gasteiger partial charge in [-0.25, -0.2) is 0 Å². The number of hydrogen-bond donors (Lipinski definition) is 3. The molecule has 2 unspecified atom stereocenters. The molecule has 0 heterocycles. The molecule has 0 saturated carbocycles. The highest BCUT2D eigenvalue weighted by atomic mass is 16.3. The van der Waals surface area contributed by atoms with Crippen molar-refractivity contribution in [2.45, 2.75) is 64.7 Å². The topological polar surface area (TPSA) is 96.6 Å². The maximum Gasteiger partial charge on any atom is 0.149 e. The third-order valence-corrected chi connectivity index (χ3v) is 3.71. The lowest BCUT2D eigenvalue weighted by atomic mass is 9.96. The molecule has 0 saturated heterocycles. The predicted molar refractivity (Wildman–Crippen MR) is 78.1 cm³/mol. The lowest BCUT2D eigenvalue weighted by Gasteiger charge is -2.31. The van der Waals surface area contributed by atoms with E-state index in [0.717, 1.165) is 0 Å². The number of hydrogen-bond acceptors (Lipinski definition) is 6. The van der Waals surface area contributed by atoms with Crippen molar-refractivity contribution in [1.82, 2.24) is 10.6 Å². The maximum absolute atomic E-state index is 11.4. The zero-order chi connectivity index (χ0) is 15.3. The first kappa shape index (κ1) is 18.1. The number of rotatable bonds is 9. The molecule has 0 aliphatic rings. The number of nitrogens with one attached hydrogen (secondary N) is 2. The summed E-state index contributed by atoms with van der Waals surface area (Å²) in [6, 6.07) is -0.474. The number of carbonyl (C=O) groups is 1. The third kappa shape index (κ3) is 6.22. The van der Waals surface area contributed by atoms with Crippen molar-refractivity contribution >= 4 is 5.78 Å². The van der Waals surface area contributed by atoms with E-state index in [1.807, 2.05) is 27.7 Å². The first-order valence-electron chi connectivity index (χ1n) is 6.62. The van der Waals surface area contributed by atoms with E-state index in [4.69, 9.17) is 5.73 Å². The van der Waals surface area contributed by atoms with Crippen molar-refractivity contribution in [3.8, 4) is 0 Å². The zero-order valence-corrected chi connectivity index (χ0v) is 12.9. The minimum absolute atomic E-state index is 0.0757. The molecule has 112 valence electrons. The van der Waals surface area contributed by atoms with Gasteiger partial charge in [-0.2, -0.15) is 4.91 Å². The number of carbonyl (C=O) groups excluding carboxylic acids is 1. The molecule has 0 aromatic heterocycles. The SMILES string of the molecule is CC(=O)C(C)(C)NCC(N)CNC(C)(C)C(C)N=O. The molecule has 0 bridgehead atoms. The number of nitrogens with two attached hydrogens (primary N) is 1. The van der Waals surface area contributed by atoms with E-state index in [0.29, 0.717) is 13.1 Å². The Morgan fingerprint density at radius 1 is 1.21 bits per heavy atom. The highest BCUT2D eigenvalue weighted by Crippen LogP contribution is 2.11. The summed E-state index contributed by atoms with van der Waals surface area (Å²) >= 11 is 0. The Morgan fingerprint density at radius 2 is 1.68 bits per heavy atom. The van der Waals surface area contributed by atoms with E-state index in [1.165, 1.54) is 0 Å². The van der Waals surface area contributed by atoms with Crippen LogP contribution in [0.15, 0.2) is 5.18 Å². The fourth-order valence-corrected chi connectivity index (χ4v) is 1.26. The Balaban J connectivity index is 4.17. The fourth-order valence-electron chi connectivity index (χ4n) is 1.26. The Labute approximate surface area is 115 Å². The predicted octanol–water partition coefficient (Wildman–Crippen LogP) is 0.794. The number of nitroso groups, excluding NO2 is 1. The molecule has 0 spiro atoms. The molecule has 6 heteroatoms. The summed E-state index contributed by atoms with van der Waals surface area (Å²) in [7, 11) is 0. The van der Waals surface area contributed by atoms with Gasteiger partial charge in [0.05, 0.1) is 5.54 Å². The summed E-state index contributed by atoms with van der Waals surface area (Å²) in [6.45, 7) is 11.9. The maximum atomic E-state index is 11.4. The van der Waals surface area contributed by atoms with Crippen LogP contribution < -0.4 is 16.4 Å². The lowest BCUT2D eigenvalue weighted by Crippen LogP contribution is -2.56. The third-order valence-electron chi connectivity index (χ3n) is 3.71. The molecule has 4 N–H and O–H groups in total. The smallest absolute Gasteiger partial charge is 0.149 e. The van der Waals surface area contributed by atoms with Crippen LogP contribution in [0, 0.1) is 4.91 Å². The van der Waals surface area contributed by atoms with Gasteiger partial charge in [0, 0.05) is 24.7 Å². The molecule has 19 heavy (non-hydrogen) atoms. The van der Waals surface area contributed by atoms with Gasteiger partial charge in [0.25, 0.3) is 0 Å². The van der Waals surface area contributed by atoms with E-state index in [9.17, 15) is 9.70 Å². The molecule has 6 nitrogen and oxygen atoms in total. The van der Waals surface area contributed by atoms with E-state index < -0.39 is 11.1 Å².